The average Bonchev–Trinajstić information content (AvgIpc) is 2.97. The number of carbonyl (C=O) groups excluding carboxylic acids is 2. The van der Waals surface area contributed by atoms with Gasteiger partial charge in [0, 0.05) is 24.4 Å². The summed E-state index contributed by atoms with van der Waals surface area (Å²) in [5.41, 5.74) is 1.66. The van der Waals surface area contributed by atoms with Crippen LogP contribution in [0.3, 0.4) is 0 Å². The summed E-state index contributed by atoms with van der Waals surface area (Å²) in [5, 5.41) is 5.32. The summed E-state index contributed by atoms with van der Waals surface area (Å²) >= 11 is 0. The maximum atomic E-state index is 13.3. The highest BCUT2D eigenvalue weighted by Crippen LogP contribution is 2.60. The van der Waals surface area contributed by atoms with Gasteiger partial charge in [0.05, 0.1) is 5.52 Å². The molecule has 1 aromatic carbocycles. The van der Waals surface area contributed by atoms with E-state index < -0.39 is 0 Å². The summed E-state index contributed by atoms with van der Waals surface area (Å²) in [6.07, 6.45) is 7.45. The molecule has 1 amide bonds. The number of rotatable bonds is 5. The number of carbonyl (C=O) groups is 2. The Morgan fingerprint density at radius 2 is 2.00 bits per heavy atom. The summed E-state index contributed by atoms with van der Waals surface area (Å²) in [4.78, 5) is 27.4. The monoisotopic (exact) mass is 365 g/mol. The second kappa shape index (κ2) is 5.91. The Bertz CT molecular complexity index is 929. The highest BCUT2D eigenvalue weighted by Gasteiger charge is 2.62. The van der Waals surface area contributed by atoms with E-state index in [2.05, 4.69) is 16.9 Å². The van der Waals surface area contributed by atoms with Crippen molar-refractivity contribution in [1.82, 2.24) is 14.7 Å². The number of fused-ring (bicyclic) bond motifs is 2. The number of aromatic nitrogens is 2. The molecule has 5 rings (SSSR count). The molecule has 3 fully saturated rings. The number of hydrogen-bond acceptors (Lipinski definition) is 3. The highest BCUT2D eigenvalue weighted by atomic mass is 16.2. The van der Waals surface area contributed by atoms with Crippen LogP contribution in [0.5, 0.6) is 0 Å². The maximum absolute atomic E-state index is 13.3. The Labute approximate surface area is 159 Å². The van der Waals surface area contributed by atoms with E-state index in [1.165, 1.54) is 26.2 Å². The normalized spacial score (nSPS) is 29.6. The number of ketones is 1. The van der Waals surface area contributed by atoms with Crippen molar-refractivity contribution in [2.45, 2.75) is 71.0 Å². The first kappa shape index (κ1) is 17.0. The number of amides is 1. The Morgan fingerprint density at radius 1 is 1.22 bits per heavy atom. The minimum absolute atomic E-state index is 0.0591. The van der Waals surface area contributed by atoms with Crippen LogP contribution >= 0.6 is 0 Å². The first-order chi connectivity index (χ1) is 13.0. The van der Waals surface area contributed by atoms with Crippen LogP contribution in [0.1, 0.15) is 62.9 Å². The lowest BCUT2D eigenvalue weighted by atomic mass is 9.79. The molecule has 1 aliphatic heterocycles. The van der Waals surface area contributed by atoms with E-state index >= 15 is 0 Å². The molecule has 2 saturated carbocycles. The van der Waals surface area contributed by atoms with Crippen molar-refractivity contribution in [3.63, 3.8) is 0 Å². The van der Waals surface area contributed by atoms with Crippen molar-refractivity contribution in [3.05, 3.63) is 30.0 Å². The van der Waals surface area contributed by atoms with Crippen LogP contribution < -0.4 is 0 Å². The molecular formula is C22H27N3O2. The number of benzene rings is 1. The fourth-order valence-corrected chi connectivity index (χ4v) is 5.33. The molecule has 1 aromatic heterocycles. The molecule has 5 heteroatoms. The topological polar surface area (TPSA) is 55.2 Å². The lowest BCUT2D eigenvalue weighted by Gasteiger charge is -2.34. The predicted octanol–water partition coefficient (Wildman–Crippen LogP) is 3.81. The fourth-order valence-electron chi connectivity index (χ4n) is 5.33. The molecule has 2 aliphatic carbocycles. The molecular weight excluding hydrogens is 338 g/mol. The first-order valence-electron chi connectivity index (χ1n) is 10.2. The Hall–Kier alpha value is -2.17. The molecule has 0 radical (unpaired) electrons. The van der Waals surface area contributed by atoms with Gasteiger partial charge in [-0.15, -0.1) is 0 Å². The van der Waals surface area contributed by atoms with E-state index in [4.69, 9.17) is 0 Å². The minimum Gasteiger partial charge on any atom is -0.335 e. The molecule has 3 aliphatic rings. The quantitative estimate of drug-likeness (QED) is 0.757. The van der Waals surface area contributed by atoms with E-state index in [-0.39, 0.29) is 18.2 Å². The third-order valence-corrected chi connectivity index (χ3v) is 7.13. The smallest absolute Gasteiger partial charge is 0.244 e. The van der Waals surface area contributed by atoms with Crippen molar-refractivity contribution >= 4 is 22.6 Å². The zero-order valence-corrected chi connectivity index (χ0v) is 16.1. The summed E-state index contributed by atoms with van der Waals surface area (Å²) in [5.74, 6) is 0.909. The van der Waals surface area contributed by atoms with Crippen LogP contribution in [-0.2, 0) is 11.3 Å². The van der Waals surface area contributed by atoms with Crippen molar-refractivity contribution in [2.24, 2.45) is 11.3 Å². The summed E-state index contributed by atoms with van der Waals surface area (Å²) in [6, 6.07) is 8.49. The summed E-state index contributed by atoms with van der Waals surface area (Å²) in [7, 11) is 0. The SMILES string of the molecule is CC(=O)c1nn(CC(=O)N2C3C[C@]3(C)C[C@H]2CC2CCC2)c2ccccc12. The van der Waals surface area contributed by atoms with Gasteiger partial charge in [0.25, 0.3) is 0 Å². The van der Waals surface area contributed by atoms with Gasteiger partial charge in [-0.25, -0.2) is 0 Å². The number of para-hydroxylation sites is 1. The van der Waals surface area contributed by atoms with Crippen LogP contribution in [0, 0.1) is 11.3 Å². The number of Topliss-reactive ketones (excluding diaryl/α,β-unsaturated/α-hetero) is 1. The summed E-state index contributed by atoms with van der Waals surface area (Å²) < 4.78 is 1.73. The molecule has 2 aromatic rings. The minimum atomic E-state index is -0.0591. The lowest BCUT2D eigenvalue weighted by molar-refractivity contribution is -0.134. The highest BCUT2D eigenvalue weighted by molar-refractivity contribution is 6.05. The van der Waals surface area contributed by atoms with Gasteiger partial charge in [-0.05, 0) is 36.7 Å². The molecule has 3 atom stereocenters. The van der Waals surface area contributed by atoms with Gasteiger partial charge in [0.2, 0.25) is 5.91 Å². The molecule has 0 bridgehead atoms. The standard InChI is InChI=1S/C22H27N3O2/c1-14(26)21-17-8-3-4-9-18(17)24(23-21)13-20(27)25-16(10-15-6-5-7-15)11-22(2)12-19(22)25/h3-4,8-9,15-16,19H,5-7,10-13H2,1-2H3/t16-,19?,22+/m1/s1. The van der Waals surface area contributed by atoms with Crippen molar-refractivity contribution in [1.29, 1.82) is 0 Å². The van der Waals surface area contributed by atoms with Crippen LogP contribution in [0.2, 0.25) is 0 Å². The van der Waals surface area contributed by atoms with Gasteiger partial charge in [0.15, 0.2) is 5.78 Å². The van der Waals surface area contributed by atoms with Gasteiger partial charge >= 0.3 is 0 Å². The molecule has 142 valence electrons. The number of hydrogen-bond donors (Lipinski definition) is 0. The molecule has 1 unspecified atom stereocenters. The van der Waals surface area contributed by atoms with Crippen LogP contribution in [0.15, 0.2) is 24.3 Å². The average molecular weight is 365 g/mol. The predicted molar refractivity (Wildman–Crippen MR) is 103 cm³/mol. The molecule has 27 heavy (non-hydrogen) atoms. The third-order valence-electron chi connectivity index (χ3n) is 7.13. The zero-order chi connectivity index (χ0) is 18.8. The Morgan fingerprint density at radius 3 is 2.70 bits per heavy atom. The largest absolute Gasteiger partial charge is 0.335 e. The Balaban J connectivity index is 1.41. The van der Waals surface area contributed by atoms with E-state index in [0.717, 1.165) is 36.1 Å². The van der Waals surface area contributed by atoms with Gasteiger partial charge in [-0.3, -0.25) is 14.3 Å². The second-order valence-electron chi connectivity index (χ2n) is 9.15. The van der Waals surface area contributed by atoms with Crippen molar-refractivity contribution < 1.29 is 9.59 Å². The molecule has 2 heterocycles. The van der Waals surface area contributed by atoms with Crippen molar-refractivity contribution in [2.75, 3.05) is 0 Å². The fraction of sp³-hybridized carbons (Fsp3) is 0.591. The first-order valence-corrected chi connectivity index (χ1v) is 10.2. The van der Waals surface area contributed by atoms with Crippen LogP contribution in [0.25, 0.3) is 10.9 Å². The zero-order valence-electron chi connectivity index (χ0n) is 16.1. The number of piperidine rings is 1. The molecule has 0 spiro atoms. The Kier molecular flexibility index (Phi) is 3.72. The van der Waals surface area contributed by atoms with Gasteiger partial charge in [-0.1, -0.05) is 44.4 Å². The molecule has 0 N–H and O–H groups in total. The lowest BCUT2D eigenvalue weighted by Crippen LogP contribution is -2.42. The van der Waals surface area contributed by atoms with Crippen molar-refractivity contribution in [3.8, 4) is 0 Å². The number of likely N-dealkylation sites (tertiary alicyclic amines) is 1. The van der Waals surface area contributed by atoms with Gasteiger partial charge in [0.1, 0.15) is 12.2 Å². The second-order valence-corrected chi connectivity index (χ2v) is 9.15. The van der Waals surface area contributed by atoms with Crippen LogP contribution in [-0.4, -0.2) is 38.5 Å². The van der Waals surface area contributed by atoms with Gasteiger partial charge < -0.3 is 4.90 Å². The molecule has 5 nitrogen and oxygen atoms in total. The van der Waals surface area contributed by atoms with Crippen LogP contribution in [0.4, 0.5) is 0 Å². The van der Waals surface area contributed by atoms with E-state index in [1.807, 2.05) is 24.3 Å². The molecule has 1 saturated heterocycles. The van der Waals surface area contributed by atoms with Gasteiger partial charge in [-0.2, -0.15) is 5.10 Å². The van der Waals surface area contributed by atoms with E-state index in [0.29, 0.717) is 23.2 Å². The summed E-state index contributed by atoms with van der Waals surface area (Å²) in [6.45, 7) is 4.09. The third kappa shape index (κ3) is 2.70. The maximum Gasteiger partial charge on any atom is 0.244 e. The number of nitrogens with zero attached hydrogens (tertiary/aromatic N) is 3. The van der Waals surface area contributed by atoms with E-state index in [1.54, 1.807) is 4.68 Å². The van der Waals surface area contributed by atoms with E-state index in [9.17, 15) is 9.59 Å².